The quantitative estimate of drug-likeness (QED) is 0.535. The van der Waals surface area contributed by atoms with Gasteiger partial charge in [-0.1, -0.05) is 17.7 Å². The molecule has 0 unspecified atom stereocenters. The Hall–Kier alpha value is -2.78. The van der Waals surface area contributed by atoms with Crippen molar-refractivity contribution < 1.29 is 27.4 Å². The highest BCUT2D eigenvalue weighted by atomic mass is 35.5. The van der Waals surface area contributed by atoms with E-state index in [0.29, 0.717) is 22.5 Å². The standard InChI is InChI=1S/C18H15ClF3N3O3/c1-26-14-8-13-10(7-15(14)27-5-6-28-18(21)22)17(24-9-23-13)25-12-4-2-3-11(19)16(12)20/h2-4,7-9,18H,5-6H2,1H3,(H,23,24,25). The first kappa shape index (κ1) is 20.0. The van der Waals surface area contributed by atoms with Crippen LogP contribution in [0.15, 0.2) is 36.7 Å². The lowest BCUT2D eigenvalue weighted by Gasteiger charge is -2.14. The topological polar surface area (TPSA) is 65.5 Å². The van der Waals surface area contributed by atoms with E-state index in [4.69, 9.17) is 21.1 Å². The summed E-state index contributed by atoms with van der Waals surface area (Å²) in [6, 6.07) is 7.70. The molecule has 0 atom stereocenters. The maximum Gasteiger partial charge on any atom is 0.345 e. The molecule has 2 aromatic carbocycles. The summed E-state index contributed by atoms with van der Waals surface area (Å²) in [5.74, 6) is 0.313. The minimum Gasteiger partial charge on any atom is -0.493 e. The van der Waals surface area contributed by atoms with Crippen LogP contribution < -0.4 is 14.8 Å². The van der Waals surface area contributed by atoms with Crippen LogP contribution in [0.2, 0.25) is 5.02 Å². The number of nitrogens with zero attached hydrogens (tertiary/aromatic N) is 2. The lowest BCUT2D eigenvalue weighted by molar-refractivity contribution is -0.133. The Morgan fingerprint density at radius 1 is 1.14 bits per heavy atom. The van der Waals surface area contributed by atoms with Gasteiger partial charge in [-0.2, -0.15) is 8.78 Å². The van der Waals surface area contributed by atoms with Gasteiger partial charge in [0, 0.05) is 11.5 Å². The van der Waals surface area contributed by atoms with Crippen LogP contribution in [0, 0.1) is 5.82 Å². The van der Waals surface area contributed by atoms with Crippen LogP contribution >= 0.6 is 11.6 Å². The first-order valence-electron chi connectivity index (χ1n) is 8.06. The second-order valence-electron chi connectivity index (χ2n) is 5.45. The smallest absolute Gasteiger partial charge is 0.345 e. The summed E-state index contributed by atoms with van der Waals surface area (Å²) in [5, 5.41) is 3.34. The van der Waals surface area contributed by atoms with Crippen LogP contribution in [0.1, 0.15) is 0 Å². The van der Waals surface area contributed by atoms with Crippen molar-refractivity contribution in [2.24, 2.45) is 0 Å². The van der Waals surface area contributed by atoms with Gasteiger partial charge in [-0.15, -0.1) is 0 Å². The van der Waals surface area contributed by atoms with Crippen LogP contribution in [0.3, 0.4) is 0 Å². The van der Waals surface area contributed by atoms with E-state index in [1.165, 1.54) is 25.6 Å². The summed E-state index contributed by atoms with van der Waals surface area (Å²) in [7, 11) is 1.44. The number of rotatable bonds is 8. The molecule has 0 aliphatic rings. The molecule has 0 saturated carbocycles. The van der Waals surface area contributed by atoms with E-state index < -0.39 is 12.4 Å². The molecule has 1 N–H and O–H groups in total. The fourth-order valence-corrected chi connectivity index (χ4v) is 2.63. The molecule has 0 amide bonds. The third-order valence-electron chi connectivity index (χ3n) is 3.71. The number of hydrogen-bond acceptors (Lipinski definition) is 6. The summed E-state index contributed by atoms with van der Waals surface area (Å²) in [6.07, 6.45) is 1.31. The van der Waals surface area contributed by atoms with Crippen molar-refractivity contribution in [3.8, 4) is 11.5 Å². The number of alkyl halides is 2. The number of ether oxygens (including phenoxy) is 3. The summed E-state index contributed by atoms with van der Waals surface area (Å²) in [6.45, 7) is -3.30. The zero-order valence-corrected chi connectivity index (χ0v) is 15.3. The third-order valence-corrected chi connectivity index (χ3v) is 4.00. The summed E-state index contributed by atoms with van der Waals surface area (Å²) in [4.78, 5) is 8.30. The summed E-state index contributed by atoms with van der Waals surface area (Å²) < 4.78 is 53.2. The highest BCUT2D eigenvalue weighted by molar-refractivity contribution is 6.31. The molecule has 10 heteroatoms. The predicted octanol–water partition coefficient (Wildman–Crippen LogP) is 4.79. The third kappa shape index (κ3) is 4.55. The van der Waals surface area contributed by atoms with Crippen molar-refractivity contribution in [2.75, 3.05) is 25.6 Å². The van der Waals surface area contributed by atoms with E-state index in [1.54, 1.807) is 18.2 Å². The van der Waals surface area contributed by atoms with E-state index in [0.717, 1.165) is 0 Å². The SMILES string of the molecule is COc1cc2ncnc(Nc3cccc(Cl)c3F)c2cc1OCCOC(F)F. The first-order chi connectivity index (χ1) is 13.5. The second-order valence-corrected chi connectivity index (χ2v) is 5.86. The maximum atomic E-state index is 14.2. The molecule has 1 heterocycles. The Kier molecular flexibility index (Phi) is 6.37. The van der Waals surface area contributed by atoms with Gasteiger partial charge >= 0.3 is 6.61 Å². The van der Waals surface area contributed by atoms with E-state index in [2.05, 4.69) is 20.0 Å². The molecule has 0 bridgehead atoms. The van der Waals surface area contributed by atoms with Gasteiger partial charge in [0.2, 0.25) is 0 Å². The first-order valence-corrected chi connectivity index (χ1v) is 8.43. The minimum atomic E-state index is -2.88. The minimum absolute atomic E-state index is 0.0342. The van der Waals surface area contributed by atoms with Crippen molar-refractivity contribution in [3.05, 3.63) is 47.5 Å². The lowest BCUT2D eigenvalue weighted by Crippen LogP contribution is -2.10. The van der Waals surface area contributed by atoms with Crippen LogP contribution in [-0.2, 0) is 4.74 Å². The molecule has 3 rings (SSSR count). The van der Waals surface area contributed by atoms with Gasteiger partial charge in [0.15, 0.2) is 17.3 Å². The predicted molar refractivity (Wildman–Crippen MR) is 98.2 cm³/mol. The van der Waals surface area contributed by atoms with Crippen molar-refractivity contribution in [1.82, 2.24) is 9.97 Å². The van der Waals surface area contributed by atoms with Crippen molar-refractivity contribution in [2.45, 2.75) is 6.61 Å². The number of nitrogens with one attached hydrogen (secondary N) is 1. The highest BCUT2D eigenvalue weighted by Crippen LogP contribution is 2.35. The molecule has 28 heavy (non-hydrogen) atoms. The molecular weight excluding hydrogens is 399 g/mol. The summed E-state index contributed by atoms with van der Waals surface area (Å²) in [5.41, 5.74) is 0.643. The Bertz CT molecular complexity index is 975. The van der Waals surface area contributed by atoms with Crippen molar-refractivity contribution in [1.29, 1.82) is 0 Å². The Morgan fingerprint density at radius 2 is 1.96 bits per heavy atom. The molecule has 0 spiro atoms. The van der Waals surface area contributed by atoms with Gasteiger partial charge in [0.25, 0.3) is 0 Å². The molecular formula is C18H15ClF3N3O3. The van der Waals surface area contributed by atoms with Crippen molar-refractivity contribution in [3.63, 3.8) is 0 Å². The zero-order valence-electron chi connectivity index (χ0n) is 14.6. The Morgan fingerprint density at radius 3 is 2.71 bits per heavy atom. The number of halogens is 4. The molecule has 148 valence electrons. The van der Waals surface area contributed by atoms with Gasteiger partial charge in [-0.3, -0.25) is 0 Å². The van der Waals surface area contributed by atoms with Gasteiger partial charge in [-0.05, 0) is 18.2 Å². The van der Waals surface area contributed by atoms with Crippen LogP contribution in [0.25, 0.3) is 10.9 Å². The van der Waals surface area contributed by atoms with Crippen LogP contribution in [-0.4, -0.2) is 36.9 Å². The largest absolute Gasteiger partial charge is 0.493 e. The fraction of sp³-hybridized carbons (Fsp3) is 0.222. The molecule has 0 fully saturated rings. The fourth-order valence-electron chi connectivity index (χ4n) is 2.45. The Balaban J connectivity index is 1.93. The number of anilines is 2. The van der Waals surface area contributed by atoms with E-state index in [9.17, 15) is 13.2 Å². The maximum absolute atomic E-state index is 14.2. The molecule has 0 radical (unpaired) electrons. The number of hydrogen-bond donors (Lipinski definition) is 1. The average molecular weight is 414 g/mol. The zero-order chi connectivity index (χ0) is 20.1. The van der Waals surface area contributed by atoms with Crippen LogP contribution in [0.4, 0.5) is 24.7 Å². The summed E-state index contributed by atoms with van der Waals surface area (Å²) >= 11 is 5.81. The normalized spacial score (nSPS) is 11.1. The van der Waals surface area contributed by atoms with Gasteiger partial charge in [-0.25, -0.2) is 14.4 Å². The number of methoxy groups -OCH3 is 1. The Labute approximate surface area is 163 Å². The monoisotopic (exact) mass is 413 g/mol. The lowest BCUT2D eigenvalue weighted by atomic mass is 10.2. The van der Waals surface area contributed by atoms with Crippen molar-refractivity contribution >= 4 is 34.0 Å². The average Bonchev–Trinajstić information content (AvgIpc) is 2.68. The highest BCUT2D eigenvalue weighted by Gasteiger charge is 2.14. The van der Waals surface area contributed by atoms with Crippen LogP contribution in [0.5, 0.6) is 11.5 Å². The van der Waals surface area contributed by atoms with E-state index in [1.807, 2.05) is 0 Å². The van der Waals surface area contributed by atoms with Gasteiger partial charge < -0.3 is 19.5 Å². The number of benzene rings is 2. The molecule has 3 aromatic rings. The van der Waals surface area contributed by atoms with E-state index >= 15 is 0 Å². The van der Waals surface area contributed by atoms with E-state index in [-0.39, 0.29) is 29.7 Å². The number of fused-ring (bicyclic) bond motifs is 1. The number of aromatic nitrogens is 2. The molecule has 0 aliphatic heterocycles. The molecule has 0 aliphatic carbocycles. The second kappa shape index (κ2) is 8.94. The molecule has 6 nitrogen and oxygen atoms in total. The van der Waals surface area contributed by atoms with Gasteiger partial charge in [0.1, 0.15) is 18.8 Å². The molecule has 0 saturated heterocycles. The molecule has 1 aromatic heterocycles. The van der Waals surface area contributed by atoms with Gasteiger partial charge in [0.05, 0.1) is 29.9 Å².